The number of aryl methyl sites for hydroxylation is 1. The quantitative estimate of drug-likeness (QED) is 0.369. The van der Waals surface area contributed by atoms with Crippen LogP contribution in [-0.2, 0) is 11.2 Å². The van der Waals surface area contributed by atoms with Crippen LogP contribution in [0.5, 0.6) is 0 Å². The molecule has 0 saturated heterocycles. The molecule has 6 heteroatoms. The number of carbonyl (C=O) groups excluding carboxylic acids is 1. The molecule has 1 atom stereocenters. The Morgan fingerprint density at radius 3 is 2.44 bits per heavy atom. The van der Waals surface area contributed by atoms with E-state index in [1.54, 1.807) is 0 Å². The number of hydrogen-bond acceptors (Lipinski definition) is 5. The molecule has 1 unspecified atom stereocenters. The third kappa shape index (κ3) is 5.91. The Hall–Kier alpha value is -2.18. The zero-order valence-electron chi connectivity index (χ0n) is 15.3. The number of carbonyl (C=O) groups is 1. The lowest BCUT2D eigenvalue weighted by molar-refractivity contribution is -0.115. The molecule has 2 aromatic carbocycles. The number of hydrogen-bond donors (Lipinski definition) is 1. The monoisotopic (exact) mass is 397 g/mol. The predicted octanol–water partition coefficient (Wildman–Crippen LogP) is 5.74. The highest BCUT2D eigenvalue weighted by molar-refractivity contribution is 8.00. The first-order chi connectivity index (χ1) is 13.3. The van der Waals surface area contributed by atoms with Crippen molar-refractivity contribution in [2.24, 2.45) is 0 Å². The van der Waals surface area contributed by atoms with Crippen molar-refractivity contribution in [1.29, 1.82) is 0 Å². The Morgan fingerprint density at radius 1 is 1.04 bits per heavy atom. The molecule has 27 heavy (non-hydrogen) atoms. The summed E-state index contributed by atoms with van der Waals surface area (Å²) < 4.78 is 0. The van der Waals surface area contributed by atoms with Gasteiger partial charge in [-0.1, -0.05) is 79.6 Å². The molecule has 4 nitrogen and oxygen atoms in total. The van der Waals surface area contributed by atoms with Crippen molar-refractivity contribution in [3.05, 3.63) is 71.2 Å². The number of nitrogens with zero attached hydrogens (tertiary/aromatic N) is 2. The molecular formula is C21H23N3OS2. The minimum Gasteiger partial charge on any atom is -0.299 e. The molecule has 1 heterocycles. The maximum atomic E-state index is 13.0. The Labute approximate surface area is 168 Å². The SMILES string of the molecule is CCCCCc1nnc(NC(=O)C(Sc2ccccc2)c2ccccc2)s1. The van der Waals surface area contributed by atoms with E-state index in [1.807, 2.05) is 60.7 Å². The van der Waals surface area contributed by atoms with E-state index in [-0.39, 0.29) is 11.2 Å². The summed E-state index contributed by atoms with van der Waals surface area (Å²) in [5.74, 6) is -0.0775. The van der Waals surface area contributed by atoms with Crippen molar-refractivity contribution in [3.63, 3.8) is 0 Å². The lowest BCUT2D eigenvalue weighted by atomic mass is 10.1. The van der Waals surface area contributed by atoms with Crippen LogP contribution >= 0.6 is 23.1 Å². The van der Waals surface area contributed by atoms with Crippen LogP contribution in [0, 0.1) is 0 Å². The Kier molecular flexibility index (Phi) is 7.42. The van der Waals surface area contributed by atoms with Gasteiger partial charge >= 0.3 is 0 Å². The maximum absolute atomic E-state index is 13.0. The number of nitrogens with one attached hydrogen (secondary N) is 1. The van der Waals surface area contributed by atoms with Crippen LogP contribution in [0.3, 0.4) is 0 Å². The predicted molar refractivity (Wildman–Crippen MR) is 113 cm³/mol. The number of aromatic nitrogens is 2. The van der Waals surface area contributed by atoms with E-state index in [0.29, 0.717) is 5.13 Å². The van der Waals surface area contributed by atoms with Gasteiger partial charge in [-0.05, 0) is 24.1 Å². The number of thioether (sulfide) groups is 1. The fourth-order valence-electron chi connectivity index (χ4n) is 2.64. The van der Waals surface area contributed by atoms with Gasteiger partial charge in [-0.3, -0.25) is 10.1 Å². The summed E-state index contributed by atoms with van der Waals surface area (Å²) in [7, 11) is 0. The third-order valence-corrected chi connectivity index (χ3v) is 6.19. The van der Waals surface area contributed by atoms with Crippen LogP contribution in [0.4, 0.5) is 5.13 Å². The molecule has 1 aromatic heterocycles. The normalized spacial score (nSPS) is 11.9. The van der Waals surface area contributed by atoms with Crippen molar-refractivity contribution in [2.75, 3.05) is 5.32 Å². The fourth-order valence-corrected chi connectivity index (χ4v) is 4.47. The first-order valence-electron chi connectivity index (χ1n) is 9.16. The lowest BCUT2D eigenvalue weighted by Gasteiger charge is -2.16. The molecule has 0 spiro atoms. The zero-order chi connectivity index (χ0) is 18.9. The van der Waals surface area contributed by atoms with Gasteiger partial charge < -0.3 is 0 Å². The number of anilines is 1. The summed E-state index contributed by atoms with van der Waals surface area (Å²) in [6.45, 7) is 2.18. The van der Waals surface area contributed by atoms with Crippen molar-refractivity contribution >= 4 is 34.1 Å². The molecule has 3 aromatic rings. The van der Waals surface area contributed by atoms with E-state index in [4.69, 9.17) is 0 Å². The second-order valence-corrected chi connectivity index (χ2v) is 8.41. The van der Waals surface area contributed by atoms with Crippen LogP contribution in [0.1, 0.15) is 42.0 Å². The van der Waals surface area contributed by atoms with E-state index >= 15 is 0 Å². The lowest BCUT2D eigenvalue weighted by Crippen LogP contribution is -2.18. The molecule has 1 N–H and O–H groups in total. The smallest absolute Gasteiger partial charge is 0.244 e. The molecule has 3 rings (SSSR count). The number of amides is 1. The largest absolute Gasteiger partial charge is 0.299 e. The highest BCUT2D eigenvalue weighted by Gasteiger charge is 2.23. The summed E-state index contributed by atoms with van der Waals surface area (Å²) in [5, 5.41) is 12.5. The van der Waals surface area contributed by atoms with Crippen LogP contribution in [0.15, 0.2) is 65.6 Å². The molecule has 0 aliphatic heterocycles. The minimum atomic E-state index is -0.346. The average molecular weight is 398 g/mol. The molecule has 0 saturated carbocycles. The van der Waals surface area contributed by atoms with Gasteiger partial charge in [-0.25, -0.2) is 0 Å². The highest BCUT2D eigenvalue weighted by atomic mass is 32.2. The highest BCUT2D eigenvalue weighted by Crippen LogP contribution is 2.36. The van der Waals surface area contributed by atoms with Gasteiger partial charge in [-0.15, -0.1) is 22.0 Å². The van der Waals surface area contributed by atoms with Crippen molar-refractivity contribution in [3.8, 4) is 0 Å². The van der Waals surface area contributed by atoms with Gasteiger partial charge in [0.1, 0.15) is 10.3 Å². The second-order valence-electron chi connectivity index (χ2n) is 6.17. The van der Waals surface area contributed by atoms with E-state index in [1.165, 1.54) is 35.9 Å². The van der Waals surface area contributed by atoms with Crippen LogP contribution < -0.4 is 5.32 Å². The van der Waals surface area contributed by atoms with E-state index in [0.717, 1.165) is 28.3 Å². The molecule has 0 bridgehead atoms. The first-order valence-corrected chi connectivity index (χ1v) is 10.9. The number of unbranched alkanes of at least 4 members (excludes halogenated alkanes) is 2. The molecule has 0 fully saturated rings. The Morgan fingerprint density at radius 2 is 1.74 bits per heavy atom. The van der Waals surface area contributed by atoms with E-state index in [9.17, 15) is 4.79 Å². The van der Waals surface area contributed by atoms with E-state index in [2.05, 4.69) is 22.4 Å². The summed E-state index contributed by atoms with van der Waals surface area (Å²) >= 11 is 3.00. The Bertz CT molecular complexity index is 837. The van der Waals surface area contributed by atoms with Crippen molar-refractivity contribution < 1.29 is 4.79 Å². The van der Waals surface area contributed by atoms with Gasteiger partial charge in [0.25, 0.3) is 0 Å². The number of benzene rings is 2. The van der Waals surface area contributed by atoms with Gasteiger partial charge in [0, 0.05) is 11.3 Å². The van der Waals surface area contributed by atoms with Gasteiger partial charge in [0.05, 0.1) is 0 Å². The maximum Gasteiger partial charge on any atom is 0.244 e. The molecule has 0 aliphatic carbocycles. The van der Waals surface area contributed by atoms with Crippen LogP contribution in [0.2, 0.25) is 0 Å². The van der Waals surface area contributed by atoms with E-state index < -0.39 is 0 Å². The summed E-state index contributed by atoms with van der Waals surface area (Å²) in [5.41, 5.74) is 0.969. The average Bonchev–Trinajstić information content (AvgIpc) is 3.15. The molecule has 140 valence electrons. The topological polar surface area (TPSA) is 54.9 Å². The number of rotatable bonds is 9. The Balaban J connectivity index is 1.71. The zero-order valence-corrected chi connectivity index (χ0v) is 16.9. The van der Waals surface area contributed by atoms with Crippen molar-refractivity contribution in [2.45, 2.75) is 42.8 Å². The van der Waals surface area contributed by atoms with Gasteiger partial charge in [0.2, 0.25) is 11.0 Å². The third-order valence-electron chi connectivity index (χ3n) is 4.03. The van der Waals surface area contributed by atoms with Crippen LogP contribution in [-0.4, -0.2) is 16.1 Å². The van der Waals surface area contributed by atoms with Crippen molar-refractivity contribution in [1.82, 2.24) is 10.2 Å². The molecule has 0 radical (unpaired) electrons. The molecule has 1 amide bonds. The second kappa shape index (κ2) is 10.2. The molecule has 0 aliphatic rings. The fraction of sp³-hybridized carbons (Fsp3) is 0.286. The molecular weight excluding hydrogens is 374 g/mol. The summed E-state index contributed by atoms with van der Waals surface area (Å²) in [4.78, 5) is 14.0. The van der Waals surface area contributed by atoms with Crippen LogP contribution in [0.25, 0.3) is 0 Å². The minimum absolute atomic E-state index is 0.0775. The summed E-state index contributed by atoms with van der Waals surface area (Å²) in [6.07, 6.45) is 4.39. The first kappa shape index (κ1) is 19.6. The standard InChI is InChI=1S/C21H23N3OS2/c1-2-3-6-15-18-23-24-21(27-18)22-20(25)19(16-11-7-4-8-12-16)26-17-13-9-5-10-14-17/h4-5,7-14,19H,2-3,6,15H2,1H3,(H,22,24,25). The van der Waals surface area contributed by atoms with Gasteiger partial charge in [0.15, 0.2) is 0 Å². The summed E-state index contributed by atoms with van der Waals surface area (Å²) in [6, 6.07) is 19.8. The van der Waals surface area contributed by atoms with Gasteiger partial charge in [-0.2, -0.15) is 0 Å².